The maximum Gasteiger partial charge on any atom is 0.344 e. The SMILES string of the molecule is COC(=O)c1ccc(OC(=O)c2ccc(OCCCCCCCCOC(C)=O)c3ccccc23)cc1. The first-order valence-electron chi connectivity index (χ1n) is 12.2. The van der Waals surface area contributed by atoms with Crippen LogP contribution in [0.2, 0.25) is 0 Å². The largest absolute Gasteiger partial charge is 0.493 e. The maximum atomic E-state index is 12.9. The second-order valence-electron chi connectivity index (χ2n) is 8.37. The molecule has 0 heterocycles. The average Bonchev–Trinajstić information content (AvgIpc) is 2.89. The molecule has 0 fully saturated rings. The highest BCUT2D eigenvalue weighted by molar-refractivity contribution is 6.07. The summed E-state index contributed by atoms with van der Waals surface area (Å²) >= 11 is 0. The molecule has 0 aliphatic carbocycles. The van der Waals surface area contributed by atoms with Crippen LogP contribution in [0.3, 0.4) is 0 Å². The molecule has 0 spiro atoms. The van der Waals surface area contributed by atoms with E-state index < -0.39 is 11.9 Å². The summed E-state index contributed by atoms with van der Waals surface area (Å²) in [6, 6.07) is 17.3. The third-order valence-electron chi connectivity index (χ3n) is 5.69. The Kier molecular flexibility index (Phi) is 10.3. The Morgan fingerprint density at radius 1 is 0.694 bits per heavy atom. The number of ether oxygens (including phenoxy) is 4. The number of unbranched alkanes of at least 4 members (excludes halogenated alkanes) is 5. The zero-order valence-corrected chi connectivity index (χ0v) is 20.8. The van der Waals surface area contributed by atoms with E-state index >= 15 is 0 Å². The van der Waals surface area contributed by atoms with Gasteiger partial charge in [-0.05, 0) is 54.6 Å². The summed E-state index contributed by atoms with van der Waals surface area (Å²) < 4.78 is 21.2. The maximum absolute atomic E-state index is 12.9. The average molecular weight is 493 g/mol. The number of carbonyl (C=O) groups excluding carboxylic acids is 3. The minimum atomic E-state index is -0.489. The standard InChI is InChI=1S/C29H32O7/c1-21(30)34-19-9-5-3-4-6-10-20-35-27-18-17-26(24-11-7-8-12-25(24)27)29(32)36-23-15-13-22(14-16-23)28(31)33-2/h7-8,11-18H,3-6,9-10,19-20H2,1-2H3. The van der Waals surface area contributed by atoms with Crippen molar-refractivity contribution >= 4 is 28.7 Å². The van der Waals surface area contributed by atoms with E-state index in [2.05, 4.69) is 4.74 Å². The Morgan fingerprint density at radius 3 is 2.00 bits per heavy atom. The summed E-state index contributed by atoms with van der Waals surface area (Å²) in [6.07, 6.45) is 6.15. The van der Waals surface area contributed by atoms with Gasteiger partial charge in [-0.15, -0.1) is 0 Å². The molecule has 0 aliphatic rings. The first-order valence-corrected chi connectivity index (χ1v) is 12.2. The number of methoxy groups -OCH3 is 1. The van der Waals surface area contributed by atoms with Crippen molar-refractivity contribution in [3.63, 3.8) is 0 Å². The molecule has 3 rings (SSSR count). The van der Waals surface area contributed by atoms with E-state index in [0.29, 0.717) is 30.1 Å². The van der Waals surface area contributed by atoms with Crippen molar-refractivity contribution in [1.29, 1.82) is 0 Å². The van der Waals surface area contributed by atoms with E-state index in [1.807, 2.05) is 24.3 Å². The van der Waals surface area contributed by atoms with Crippen LogP contribution in [0.4, 0.5) is 0 Å². The third kappa shape index (κ3) is 7.83. The molecule has 0 bridgehead atoms. The summed E-state index contributed by atoms with van der Waals surface area (Å²) in [4.78, 5) is 35.2. The van der Waals surface area contributed by atoms with Crippen LogP contribution >= 0.6 is 0 Å². The van der Waals surface area contributed by atoms with Crippen molar-refractivity contribution < 1.29 is 33.3 Å². The number of esters is 3. The highest BCUT2D eigenvalue weighted by atomic mass is 16.5. The van der Waals surface area contributed by atoms with Gasteiger partial charge in [0.25, 0.3) is 0 Å². The highest BCUT2D eigenvalue weighted by Crippen LogP contribution is 2.30. The van der Waals surface area contributed by atoms with E-state index in [9.17, 15) is 14.4 Å². The molecule has 0 saturated carbocycles. The molecule has 0 aromatic heterocycles. The summed E-state index contributed by atoms with van der Waals surface area (Å²) in [5.74, 6) is -0.103. The van der Waals surface area contributed by atoms with Gasteiger partial charge in [-0.3, -0.25) is 4.79 Å². The Labute approximate surface area is 211 Å². The van der Waals surface area contributed by atoms with E-state index in [-0.39, 0.29) is 5.97 Å². The van der Waals surface area contributed by atoms with Crippen LogP contribution in [-0.2, 0) is 14.3 Å². The lowest BCUT2D eigenvalue weighted by molar-refractivity contribution is -0.141. The van der Waals surface area contributed by atoms with Crippen LogP contribution in [-0.4, -0.2) is 38.2 Å². The predicted octanol–water partition coefficient (Wildman–Crippen LogP) is 6.13. The third-order valence-corrected chi connectivity index (χ3v) is 5.69. The number of hydrogen-bond acceptors (Lipinski definition) is 7. The topological polar surface area (TPSA) is 88.1 Å². The molecule has 0 amide bonds. The predicted molar refractivity (Wildman–Crippen MR) is 137 cm³/mol. The molecular weight excluding hydrogens is 460 g/mol. The molecule has 0 unspecified atom stereocenters. The first-order chi connectivity index (χ1) is 17.5. The monoisotopic (exact) mass is 492 g/mol. The number of carbonyl (C=O) groups is 3. The van der Waals surface area contributed by atoms with Crippen molar-refractivity contribution in [1.82, 2.24) is 0 Å². The van der Waals surface area contributed by atoms with Crippen LogP contribution in [0, 0.1) is 0 Å². The Hall–Kier alpha value is -3.87. The molecule has 3 aromatic carbocycles. The van der Waals surface area contributed by atoms with E-state index in [1.165, 1.54) is 14.0 Å². The van der Waals surface area contributed by atoms with Gasteiger partial charge in [-0.25, -0.2) is 9.59 Å². The van der Waals surface area contributed by atoms with Crippen molar-refractivity contribution in [2.75, 3.05) is 20.3 Å². The quantitative estimate of drug-likeness (QED) is 0.161. The lowest BCUT2D eigenvalue weighted by atomic mass is 10.0. The molecular formula is C29H32O7. The van der Waals surface area contributed by atoms with Crippen LogP contribution in [0.1, 0.15) is 66.2 Å². The zero-order chi connectivity index (χ0) is 25.8. The van der Waals surface area contributed by atoms with Crippen LogP contribution < -0.4 is 9.47 Å². The van der Waals surface area contributed by atoms with Gasteiger partial charge < -0.3 is 18.9 Å². The Bertz CT molecular complexity index is 1170. The molecule has 0 N–H and O–H groups in total. The number of rotatable bonds is 13. The Balaban J connectivity index is 1.52. The Morgan fingerprint density at radius 2 is 1.33 bits per heavy atom. The normalized spacial score (nSPS) is 10.6. The lowest BCUT2D eigenvalue weighted by Gasteiger charge is -2.12. The molecule has 0 atom stereocenters. The molecule has 3 aromatic rings. The number of hydrogen-bond donors (Lipinski definition) is 0. The highest BCUT2D eigenvalue weighted by Gasteiger charge is 2.16. The molecule has 7 heteroatoms. The molecule has 0 saturated heterocycles. The molecule has 36 heavy (non-hydrogen) atoms. The summed E-state index contributed by atoms with van der Waals surface area (Å²) in [6.45, 7) is 2.52. The van der Waals surface area contributed by atoms with Gasteiger partial charge in [0, 0.05) is 12.3 Å². The molecule has 0 aliphatic heterocycles. The van der Waals surface area contributed by atoms with Crippen molar-refractivity contribution in [2.24, 2.45) is 0 Å². The van der Waals surface area contributed by atoms with Crippen molar-refractivity contribution in [3.05, 3.63) is 71.8 Å². The van der Waals surface area contributed by atoms with Gasteiger partial charge >= 0.3 is 17.9 Å². The molecule has 0 radical (unpaired) electrons. The fraction of sp³-hybridized carbons (Fsp3) is 0.345. The van der Waals surface area contributed by atoms with E-state index in [4.69, 9.17) is 14.2 Å². The van der Waals surface area contributed by atoms with Gasteiger partial charge in [0.2, 0.25) is 0 Å². The number of benzene rings is 3. The van der Waals surface area contributed by atoms with Gasteiger partial charge in [-0.1, -0.05) is 49.9 Å². The zero-order valence-electron chi connectivity index (χ0n) is 20.8. The lowest BCUT2D eigenvalue weighted by Crippen LogP contribution is -2.10. The fourth-order valence-electron chi connectivity index (χ4n) is 3.82. The van der Waals surface area contributed by atoms with Crippen LogP contribution in [0.25, 0.3) is 10.8 Å². The smallest absolute Gasteiger partial charge is 0.344 e. The van der Waals surface area contributed by atoms with Gasteiger partial charge in [-0.2, -0.15) is 0 Å². The minimum absolute atomic E-state index is 0.226. The minimum Gasteiger partial charge on any atom is -0.493 e. The molecule has 190 valence electrons. The van der Waals surface area contributed by atoms with Crippen LogP contribution in [0.5, 0.6) is 11.5 Å². The van der Waals surface area contributed by atoms with Gasteiger partial charge in [0.15, 0.2) is 0 Å². The van der Waals surface area contributed by atoms with Gasteiger partial charge in [0.05, 0.1) is 31.5 Å². The fourth-order valence-corrected chi connectivity index (χ4v) is 3.82. The summed E-state index contributed by atoms with van der Waals surface area (Å²) in [7, 11) is 1.31. The molecule has 7 nitrogen and oxygen atoms in total. The van der Waals surface area contributed by atoms with Crippen molar-refractivity contribution in [3.8, 4) is 11.5 Å². The van der Waals surface area contributed by atoms with E-state index in [1.54, 1.807) is 36.4 Å². The second-order valence-corrected chi connectivity index (χ2v) is 8.37. The van der Waals surface area contributed by atoms with Gasteiger partial charge in [0.1, 0.15) is 11.5 Å². The van der Waals surface area contributed by atoms with Crippen LogP contribution in [0.15, 0.2) is 60.7 Å². The van der Waals surface area contributed by atoms with Crippen molar-refractivity contribution in [2.45, 2.75) is 45.4 Å². The summed E-state index contributed by atoms with van der Waals surface area (Å²) in [5, 5.41) is 1.59. The first kappa shape index (κ1) is 26.7. The number of fused-ring (bicyclic) bond motifs is 1. The van der Waals surface area contributed by atoms with E-state index in [0.717, 1.165) is 55.0 Å². The summed E-state index contributed by atoms with van der Waals surface area (Å²) in [5.41, 5.74) is 0.812. The second kappa shape index (κ2) is 13.9.